The van der Waals surface area contributed by atoms with Crippen molar-refractivity contribution >= 4 is 5.78 Å². The Morgan fingerprint density at radius 2 is 1.86 bits per heavy atom. The molecule has 0 bridgehead atoms. The summed E-state index contributed by atoms with van der Waals surface area (Å²) in [6, 6.07) is 5.95. The Labute approximate surface area is 85.5 Å². The fourth-order valence-corrected chi connectivity index (χ4v) is 1.34. The molecule has 74 valence electrons. The predicted octanol–water partition coefficient (Wildman–Crippen LogP) is 3.45. The molecule has 0 aliphatic heterocycles. The van der Waals surface area contributed by atoms with Crippen LogP contribution in [0.3, 0.4) is 0 Å². The second kappa shape index (κ2) is 4.23. The van der Waals surface area contributed by atoms with Crippen LogP contribution in [0.5, 0.6) is 0 Å². The van der Waals surface area contributed by atoms with Gasteiger partial charge in [-0.25, -0.2) is 0 Å². The van der Waals surface area contributed by atoms with Crippen LogP contribution in [-0.4, -0.2) is 5.78 Å². The summed E-state index contributed by atoms with van der Waals surface area (Å²) in [5.74, 6) is 0.103. The van der Waals surface area contributed by atoms with E-state index in [2.05, 4.69) is 0 Å². The zero-order valence-corrected chi connectivity index (χ0v) is 9.22. The first kappa shape index (κ1) is 10.7. The second-order valence-corrected chi connectivity index (χ2v) is 3.90. The maximum Gasteiger partial charge on any atom is 0.186 e. The summed E-state index contributed by atoms with van der Waals surface area (Å²) in [5, 5.41) is 0. The Morgan fingerprint density at radius 1 is 1.21 bits per heavy atom. The summed E-state index contributed by atoms with van der Waals surface area (Å²) >= 11 is 0. The smallest absolute Gasteiger partial charge is 0.186 e. The molecule has 1 heteroatoms. The van der Waals surface area contributed by atoms with Gasteiger partial charge < -0.3 is 0 Å². The predicted molar refractivity (Wildman–Crippen MR) is 59.7 cm³/mol. The summed E-state index contributed by atoms with van der Waals surface area (Å²) < 4.78 is 0. The molecule has 0 N–H and O–H groups in total. The number of allylic oxidation sites excluding steroid dienone is 2. The Balaban J connectivity index is 3.12. The van der Waals surface area contributed by atoms with E-state index in [-0.39, 0.29) is 5.78 Å². The monoisotopic (exact) mass is 188 g/mol. The molecule has 0 fully saturated rings. The van der Waals surface area contributed by atoms with Crippen molar-refractivity contribution in [3.8, 4) is 0 Å². The Kier molecular flexibility index (Phi) is 3.23. The van der Waals surface area contributed by atoms with Crippen LogP contribution in [0, 0.1) is 13.8 Å². The summed E-state index contributed by atoms with van der Waals surface area (Å²) in [7, 11) is 0. The van der Waals surface area contributed by atoms with Crippen LogP contribution in [-0.2, 0) is 0 Å². The van der Waals surface area contributed by atoms with Crippen LogP contribution in [0.2, 0.25) is 0 Å². The lowest BCUT2D eigenvalue weighted by Crippen LogP contribution is -1.99. The molecule has 0 saturated carbocycles. The summed E-state index contributed by atoms with van der Waals surface area (Å²) in [6.45, 7) is 7.83. The molecule has 0 aromatic heterocycles. The topological polar surface area (TPSA) is 17.1 Å². The SMILES string of the molecule is CC(C)=CC(=O)c1cc(C)ccc1C. The summed E-state index contributed by atoms with van der Waals surface area (Å²) in [6.07, 6.45) is 1.68. The molecular weight excluding hydrogens is 172 g/mol. The maximum atomic E-state index is 11.8. The standard InChI is InChI=1S/C13H16O/c1-9(2)7-13(14)12-8-10(3)5-6-11(12)4/h5-8H,1-4H3. The number of hydrogen-bond donors (Lipinski definition) is 0. The van der Waals surface area contributed by atoms with Crippen molar-refractivity contribution in [1.29, 1.82) is 0 Å². The van der Waals surface area contributed by atoms with E-state index in [9.17, 15) is 4.79 Å². The highest BCUT2D eigenvalue weighted by molar-refractivity contribution is 6.05. The van der Waals surface area contributed by atoms with Crippen molar-refractivity contribution in [2.75, 3.05) is 0 Å². The third-order valence-electron chi connectivity index (χ3n) is 2.08. The average Bonchev–Trinajstić information content (AvgIpc) is 2.08. The van der Waals surface area contributed by atoms with Crippen LogP contribution in [0.4, 0.5) is 0 Å². The van der Waals surface area contributed by atoms with Gasteiger partial charge in [-0.1, -0.05) is 23.3 Å². The minimum Gasteiger partial charge on any atom is -0.289 e. The number of benzene rings is 1. The van der Waals surface area contributed by atoms with Gasteiger partial charge in [0.05, 0.1) is 0 Å². The van der Waals surface area contributed by atoms with Crippen LogP contribution in [0.25, 0.3) is 0 Å². The van der Waals surface area contributed by atoms with Gasteiger partial charge in [-0.3, -0.25) is 4.79 Å². The maximum absolute atomic E-state index is 11.8. The molecule has 0 spiro atoms. The van der Waals surface area contributed by atoms with E-state index in [0.717, 1.165) is 22.3 Å². The van der Waals surface area contributed by atoms with E-state index >= 15 is 0 Å². The second-order valence-electron chi connectivity index (χ2n) is 3.90. The van der Waals surface area contributed by atoms with E-state index in [1.54, 1.807) is 6.08 Å². The van der Waals surface area contributed by atoms with Crippen LogP contribution < -0.4 is 0 Å². The van der Waals surface area contributed by atoms with E-state index in [4.69, 9.17) is 0 Å². The summed E-state index contributed by atoms with van der Waals surface area (Å²) in [4.78, 5) is 11.8. The van der Waals surface area contributed by atoms with Gasteiger partial charge in [-0.05, 0) is 45.4 Å². The van der Waals surface area contributed by atoms with Gasteiger partial charge >= 0.3 is 0 Å². The fraction of sp³-hybridized carbons (Fsp3) is 0.308. The van der Waals surface area contributed by atoms with E-state index < -0.39 is 0 Å². The number of carbonyl (C=O) groups excluding carboxylic acids is 1. The van der Waals surface area contributed by atoms with Gasteiger partial charge in [-0.2, -0.15) is 0 Å². The Morgan fingerprint density at radius 3 is 2.43 bits per heavy atom. The van der Waals surface area contributed by atoms with Crippen molar-refractivity contribution in [3.05, 3.63) is 46.5 Å². The van der Waals surface area contributed by atoms with Gasteiger partial charge in [0.2, 0.25) is 0 Å². The van der Waals surface area contributed by atoms with Gasteiger partial charge in [0.1, 0.15) is 0 Å². The molecule has 0 unspecified atom stereocenters. The van der Waals surface area contributed by atoms with E-state index in [1.165, 1.54) is 0 Å². The third-order valence-corrected chi connectivity index (χ3v) is 2.08. The fourth-order valence-electron chi connectivity index (χ4n) is 1.34. The van der Waals surface area contributed by atoms with Crippen LogP contribution >= 0.6 is 0 Å². The summed E-state index contributed by atoms with van der Waals surface area (Å²) in [5.41, 5.74) is 4.02. The van der Waals surface area contributed by atoms with Gasteiger partial charge in [0, 0.05) is 5.56 Å². The van der Waals surface area contributed by atoms with Crippen molar-refractivity contribution in [1.82, 2.24) is 0 Å². The largest absolute Gasteiger partial charge is 0.289 e. The minimum atomic E-state index is 0.103. The number of carbonyl (C=O) groups is 1. The molecule has 0 aliphatic rings. The molecule has 0 saturated heterocycles. The first-order valence-corrected chi connectivity index (χ1v) is 4.77. The van der Waals surface area contributed by atoms with Gasteiger partial charge in [0.25, 0.3) is 0 Å². The van der Waals surface area contributed by atoms with Gasteiger partial charge in [0.15, 0.2) is 5.78 Å². The molecule has 1 rings (SSSR count). The quantitative estimate of drug-likeness (QED) is 0.513. The molecule has 0 aliphatic carbocycles. The van der Waals surface area contributed by atoms with Crippen molar-refractivity contribution in [2.24, 2.45) is 0 Å². The average molecular weight is 188 g/mol. The molecular formula is C13H16O. The Hall–Kier alpha value is -1.37. The molecule has 0 heterocycles. The molecule has 0 atom stereocenters. The lowest BCUT2D eigenvalue weighted by Gasteiger charge is -2.03. The van der Waals surface area contributed by atoms with Crippen molar-refractivity contribution < 1.29 is 4.79 Å². The lowest BCUT2D eigenvalue weighted by molar-refractivity contribution is 0.104. The first-order valence-electron chi connectivity index (χ1n) is 4.77. The number of aryl methyl sites for hydroxylation is 2. The molecule has 0 amide bonds. The third kappa shape index (κ3) is 2.56. The van der Waals surface area contributed by atoms with Crippen LogP contribution in [0.15, 0.2) is 29.8 Å². The minimum absolute atomic E-state index is 0.103. The lowest BCUT2D eigenvalue weighted by atomic mass is 10.0. The highest BCUT2D eigenvalue weighted by atomic mass is 16.1. The Bertz CT molecular complexity index is 382. The molecule has 14 heavy (non-hydrogen) atoms. The van der Waals surface area contributed by atoms with Gasteiger partial charge in [-0.15, -0.1) is 0 Å². The molecule has 1 nitrogen and oxygen atoms in total. The molecule has 1 aromatic rings. The van der Waals surface area contributed by atoms with E-state index in [1.807, 2.05) is 45.9 Å². The van der Waals surface area contributed by atoms with Crippen molar-refractivity contribution in [3.63, 3.8) is 0 Å². The van der Waals surface area contributed by atoms with Crippen molar-refractivity contribution in [2.45, 2.75) is 27.7 Å². The highest BCUT2D eigenvalue weighted by Crippen LogP contribution is 2.12. The first-order chi connectivity index (χ1) is 6.50. The zero-order chi connectivity index (χ0) is 10.7. The molecule has 0 radical (unpaired) electrons. The van der Waals surface area contributed by atoms with Crippen LogP contribution in [0.1, 0.15) is 35.3 Å². The normalized spacial score (nSPS) is 9.71. The number of hydrogen-bond acceptors (Lipinski definition) is 1. The number of rotatable bonds is 2. The van der Waals surface area contributed by atoms with E-state index in [0.29, 0.717) is 0 Å². The highest BCUT2D eigenvalue weighted by Gasteiger charge is 2.05. The number of ketones is 1. The zero-order valence-electron chi connectivity index (χ0n) is 9.22. The molecule has 1 aromatic carbocycles.